The highest BCUT2D eigenvalue weighted by Crippen LogP contribution is 2.40. The van der Waals surface area contributed by atoms with Crippen LogP contribution in [0.5, 0.6) is 11.5 Å². The van der Waals surface area contributed by atoms with Crippen LogP contribution in [0.4, 0.5) is 4.39 Å². The van der Waals surface area contributed by atoms with E-state index >= 15 is 0 Å². The van der Waals surface area contributed by atoms with Crippen LogP contribution in [0.3, 0.4) is 0 Å². The topological polar surface area (TPSA) is 50.7 Å². The van der Waals surface area contributed by atoms with Crippen molar-refractivity contribution in [1.29, 1.82) is 0 Å². The average Bonchev–Trinajstić information content (AvgIpc) is 2.58. The molecule has 0 aromatic heterocycles. The van der Waals surface area contributed by atoms with E-state index in [0.29, 0.717) is 12.2 Å². The summed E-state index contributed by atoms with van der Waals surface area (Å²) in [5, 5.41) is 13.4. The molecular formula is C20H24FNO3. The number of rotatable bonds is 5. The van der Waals surface area contributed by atoms with Crippen LogP contribution in [0.2, 0.25) is 0 Å². The fourth-order valence-electron chi connectivity index (χ4n) is 3.33. The predicted octanol–water partition coefficient (Wildman–Crippen LogP) is 3.76. The summed E-state index contributed by atoms with van der Waals surface area (Å²) in [5.41, 5.74) is 1.42. The average molecular weight is 345 g/mol. The maximum Gasteiger partial charge on any atom is 0.127 e. The Kier molecular flexibility index (Phi) is 4.97. The quantitative estimate of drug-likeness (QED) is 0.866. The van der Waals surface area contributed by atoms with Crippen LogP contribution in [-0.4, -0.2) is 24.4 Å². The van der Waals surface area contributed by atoms with Crippen molar-refractivity contribution in [2.75, 3.05) is 13.7 Å². The molecule has 1 heterocycles. The third-order valence-electron chi connectivity index (χ3n) is 4.51. The van der Waals surface area contributed by atoms with Gasteiger partial charge >= 0.3 is 0 Å². The van der Waals surface area contributed by atoms with Gasteiger partial charge in [0.05, 0.1) is 19.8 Å². The number of hydrogen-bond acceptors (Lipinski definition) is 4. The molecule has 1 aliphatic heterocycles. The lowest BCUT2D eigenvalue weighted by atomic mass is 9.88. The number of fused-ring (bicyclic) bond motifs is 1. The maximum absolute atomic E-state index is 13.6. The molecule has 0 saturated carbocycles. The summed E-state index contributed by atoms with van der Waals surface area (Å²) < 4.78 is 24.8. The van der Waals surface area contributed by atoms with Crippen molar-refractivity contribution in [3.8, 4) is 11.5 Å². The molecule has 0 spiro atoms. The van der Waals surface area contributed by atoms with Crippen molar-refractivity contribution in [2.45, 2.75) is 38.0 Å². The summed E-state index contributed by atoms with van der Waals surface area (Å²) in [5.74, 6) is 0.977. The van der Waals surface area contributed by atoms with Crippen molar-refractivity contribution in [3.05, 3.63) is 59.4 Å². The van der Waals surface area contributed by atoms with Crippen molar-refractivity contribution >= 4 is 0 Å². The first-order valence-electron chi connectivity index (χ1n) is 8.41. The van der Waals surface area contributed by atoms with Crippen LogP contribution in [-0.2, 0) is 0 Å². The van der Waals surface area contributed by atoms with Crippen LogP contribution in [0.25, 0.3) is 0 Å². The molecule has 3 rings (SSSR count). The first-order valence-corrected chi connectivity index (χ1v) is 8.41. The number of ether oxygens (including phenoxy) is 2. The molecule has 0 fully saturated rings. The second-order valence-corrected chi connectivity index (χ2v) is 6.98. The minimum absolute atomic E-state index is 0.0531. The molecule has 25 heavy (non-hydrogen) atoms. The number of aliphatic hydroxyl groups excluding tert-OH is 1. The van der Waals surface area contributed by atoms with Gasteiger partial charge in [-0.1, -0.05) is 18.2 Å². The van der Waals surface area contributed by atoms with Crippen molar-refractivity contribution < 1.29 is 19.0 Å². The largest absolute Gasteiger partial charge is 0.497 e. The summed E-state index contributed by atoms with van der Waals surface area (Å²) in [6.07, 6.45) is 0.714. The van der Waals surface area contributed by atoms with E-state index in [1.165, 1.54) is 12.1 Å². The molecule has 0 bridgehead atoms. The van der Waals surface area contributed by atoms with Gasteiger partial charge in [-0.05, 0) is 37.6 Å². The molecule has 0 amide bonds. The third-order valence-corrected chi connectivity index (χ3v) is 4.51. The Morgan fingerprint density at radius 2 is 2.12 bits per heavy atom. The Labute approximate surface area is 147 Å². The molecule has 134 valence electrons. The second-order valence-electron chi connectivity index (χ2n) is 6.98. The van der Waals surface area contributed by atoms with Gasteiger partial charge in [0.2, 0.25) is 0 Å². The van der Waals surface area contributed by atoms with Crippen molar-refractivity contribution in [1.82, 2.24) is 5.32 Å². The SMILES string of the molecule is COc1cccc(C(CO)NC2CC(C)(C)Oc3cc(F)ccc32)c1. The number of halogens is 1. The van der Waals surface area contributed by atoms with Gasteiger partial charge in [-0.3, -0.25) is 0 Å². The number of hydrogen-bond donors (Lipinski definition) is 2. The lowest BCUT2D eigenvalue weighted by Gasteiger charge is -2.39. The Morgan fingerprint density at radius 1 is 1.32 bits per heavy atom. The lowest BCUT2D eigenvalue weighted by molar-refractivity contribution is 0.0606. The second kappa shape index (κ2) is 7.02. The summed E-state index contributed by atoms with van der Waals surface area (Å²) in [4.78, 5) is 0. The van der Waals surface area contributed by atoms with E-state index in [4.69, 9.17) is 9.47 Å². The lowest BCUT2D eigenvalue weighted by Crippen LogP contribution is -2.41. The minimum atomic E-state index is -0.424. The minimum Gasteiger partial charge on any atom is -0.497 e. The van der Waals surface area contributed by atoms with Gasteiger partial charge in [0.1, 0.15) is 22.9 Å². The molecule has 0 saturated heterocycles. The predicted molar refractivity (Wildman–Crippen MR) is 94.4 cm³/mol. The number of aliphatic hydroxyl groups is 1. The smallest absolute Gasteiger partial charge is 0.127 e. The molecule has 2 aromatic carbocycles. The zero-order valence-electron chi connectivity index (χ0n) is 14.8. The fraction of sp³-hybridized carbons (Fsp3) is 0.400. The van der Waals surface area contributed by atoms with E-state index in [1.807, 2.05) is 38.1 Å². The van der Waals surface area contributed by atoms with Crippen LogP contribution in [0, 0.1) is 5.82 Å². The summed E-state index contributed by atoms with van der Waals surface area (Å²) in [6.45, 7) is 3.91. The molecule has 0 aliphatic carbocycles. The van der Waals surface area contributed by atoms with Gasteiger partial charge in [0, 0.05) is 24.1 Å². The van der Waals surface area contributed by atoms with Crippen LogP contribution in [0.15, 0.2) is 42.5 Å². The van der Waals surface area contributed by atoms with Gasteiger partial charge in [-0.2, -0.15) is 0 Å². The molecule has 2 aromatic rings. The van der Waals surface area contributed by atoms with Gasteiger partial charge in [-0.25, -0.2) is 4.39 Å². The fourth-order valence-corrected chi connectivity index (χ4v) is 3.33. The molecule has 2 unspecified atom stereocenters. The normalized spacial score (nSPS) is 19.6. The third kappa shape index (κ3) is 3.94. The molecule has 5 heteroatoms. The highest BCUT2D eigenvalue weighted by Gasteiger charge is 2.35. The van der Waals surface area contributed by atoms with Crippen LogP contribution >= 0.6 is 0 Å². The van der Waals surface area contributed by atoms with E-state index in [1.54, 1.807) is 13.2 Å². The van der Waals surface area contributed by atoms with Gasteiger partial charge in [0.25, 0.3) is 0 Å². The number of benzene rings is 2. The number of nitrogens with one attached hydrogen (secondary N) is 1. The molecule has 4 nitrogen and oxygen atoms in total. The molecule has 1 aliphatic rings. The molecular weight excluding hydrogens is 321 g/mol. The van der Waals surface area contributed by atoms with Crippen LogP contribution in [0.1, 0.15) is 43.5 Å². The van der Waals surface area contributed by atoms with Crippen LogP contribution < -0.4 is 14.8 Å². The van der Waals surface area contributed by atoms with Gasteiger partial charge in [-0.15, -0.1) is 0 Å². The van der Waals surface area contributed by atoms with E-state index in [0.717, 1.165) is 16.9 Å². The van der Waals surface area contributed by atoms with Gasteiger partial charge in [0.15, 0.2) is 0 Å². The summed E-state index contributed by atoms with van der Waals surface area (Å²) in [7, 11) is 1.62. The van der Waals surface area contributed by atoms with Gasteiger partial charge < -0.3 is 19.9 Å². The molecule has 2 atom stereocenters. The highest BCUT2D eigenvalue weighted by atomic mass is 19.1. The maximum atomic E-state index is 13.6. The Hall–Kier alpha value is -2.11. The molecule has 0 radical (unpaired) electrons. The summed E-state index contributed by atoms with van der Waals surface area (Å²) in [6, 6.07) is 11.9. The Bertz CT molecular complexity index is 747. The summed E-state index contributed by atoms with van der Waals surface area (Å²) >= 11 is 0. The van der Waals surface area contributed by atoms with E-state index < -0.39 is 5.60 Å². The zero-order chi connectivity index (χ0) is 18.0. The first kappa shape index (κ1) is 17.7. The zero-order valence-corrected chi connectivity index (χ0v) is 14.8. The van der Waals surface area contributed by atoms with E-state index in [-0.39, 0.29) is 24.5 Å². The first-order chi connectivity index (χ1) is 11.9. The Balaban J connectivity index is 1.90. The number of methoxy groups -OCH3 is 1. The highest BCUT2D eigenvalue weighted by molar-refractivity contribution is 5.40. The van der Waals surface area contributed by atoms with E-state index in [9.17, 15) is 9.50 Å². The van der Waals surface area contributed by atoms with Crippen molar-refractivity contribution in [3.63, 3.8) is 0 Å². The standard InChI is InChI=1S/C20H24FNO3/c1-20(2)11-17(16-8-7-14(21)10-19(16)25-20)22-18(12-23)13-5-4-6-15(9-13)24-3/h4-10,17-18,22-23H,11-12H2,1-3H3. The monoisotopic (exact) mass is 345 g/mol. The Morgan fingerprint density at radius 3 is 2.84 bits per heavy atom. The van der Waals surface area contributed by atoms with E-state index in [2.05, 4.69) is 5.32 Å². The van der Waals surface area contributed by atoms with Crippen molar-refractivity contribution in [2.24, 2.45) is 0 Å². The molecule has 2 N–H and O–H groups in total.